The van der Waals surface area contributed by atoms with Gasteiger partial charge in [-0.2, -0.15) is 0 Å². The van der Waals surface area contributed by atoms with E-state index >= 15 is 0 Å². The first-order valence-corrected chi connectivity index (χ1v) is 9.94. The van der Waals surface area contributed by atoms with Gasteiger partial charge in [-0.15, -0.1) is 0 Å². The van der Waals surface area contributed by atoms with E-state index in [2.05, 4.69) is 31.4 Å². The van der Waals surface area contributed by atoms with Crippen LogP contribution in [0.3, 0.4) is 0 Å². The molecule has 0 aliphatic carbocycles. The molecule has 1 aliphatic heterocycles. The zero-order chi connectivity index (χ0) is 20.0. The molecule has 0 atom stereocenters. The summed E-state index contributed by atoms with van der Waals surface area (Å²) in [4.78, 5) is 20.0. The quantitative estimate of drug-likeness (QED) is 0.582. The molecule has 5 nitrogen and oxygen atoms in total. The molecule has 148 valence electrons. The minimum atomic E-state index is -0.184. The van der Waals surface area contributed by atoms with E-state index in [1.165, 1.54) is 11.6 Å². The molecule has 1 fully saturated rings. The predicted molar refractivity (Wildman–Crippen MR) is 114 cm³/mol. The fourth-order valence-electron chi connectivity index (χ4n) is 4.34. The standard InChI is InChI=1S/C23H23FN4O/c1-16-12-18(24)6-7-20(16)27-10-8-26(9-11-27)14-17-13-22-25-23(29)19-4-2-3-5-21(19)28(22)15-17/h2-7,12-13,15H,8-11,14H2,1H3,(H,25,29). The Balaban J connectivity index is 1.33. The van der Waals surface area contributed by atoms with Crippen molar-refractivity contribution in [3.63, 3.8) is 0 Å². The number of aromatic nitrogens is 2. The molecule has 0 unspecified atom stereocenters. The Hall–Kier alpha value is -3.12. The predicted octanol–water partition coefficient (Wildman–Crippen LogP) is 3.55. The lowest BCUT2D eigenvalue weighted by molar-refractivity contribution is 0.250. The van der Waals surface area contributed by atoms with Crippen LogP contribution in [0, 0.1) is 12.7 Å². The van der Waals surface area contributed by atoms with Crippen LogP contribution in [0.5, 0.6) is 0 Å². The summed E-state index contributed by atoms with van der Waals surface area (Å²) in [6, 6.07) is 14.7. The average molecular weight is 390 g/mol. The smallest absolute Gasteiger partial charge is 0.258 e. The van der Waals surface area contributed by atoms with Gasteiger partial charge in [0.1, 0.15) is 11.5 Å². The number of benzene rings is 2. The lowest BCUT2D eigenvalue weighted by Crippen LogP contribution is -2.46. The maximum absolute atomic E-state index is 13.4. The van der Waals surface area contributed by atoms with Crippen molar-refractivity contribution in [1.82, 2.24) is 14.3 Å². The van der Waals surface area contributed by atoms with Crippen LogP contribution in [-0.2, 0) is 6.54 Å². The summed E-state index contributed by atoms with van der Waals surface area (Å²) in [5.41, 5.74) is 4.97. The molecule has 0 radical (unpaired) electrons. The molecular weight excluding hydrogens is 367 g/mol. The number of piperazine rings is 1. The second kappa shape index (κ2) is 7.04. The van der Waals surface area contributed by atoms with E-state index < -0.39 is 0 Å². The molecule has 5 rings (SSSR count). The van der Waals surface area contributed by atoms with Gasteiger partial charge in [-0.1, -0.05) is 12.1 Å². The van der Waals surface area contributed by atoms with E-state index in [9.17, 15) is 9.18 Å². The lowest BCUT2D eigenvalue weighted by Gasteiger charge is -2.36. The number of fused-ring (bicyclic) bond motifs is 3. The summed E-state index contributed by atoms with van der Waals surface area (Å²) in [5.74, 6) is -0.184. The molecule has 0 bridgehead atoms. The maximum atomic E-state index is 13.4. The van der Waals surface area contributed by atoms with Crippen LogP contribution in [0.15, 0.2) is 59.5 Å². The third kappa shape index (κ3) is 3.29. The van der Waals surface area contributed by atoms with Crippen LogP contribution in [0.25, 0.3) is 16.6 Å². The van der Waals surface area contributed by atoms with Gasteiger partial charge in [0.2, 0.25) is 0 Å². The van der Waals surface area contributed by atoms with E-state index in [0.29, 0.717) is 5.39 Å². The van der Waals surface area contributed by atoms with Crippen molar-refractivity contribution in [1.29, 1.82) is 0 Å². The average Bonchev–Trinajstić information content (AvgIpc) is 3.11. The van der Waals surface area contributed by atoms with Crippen LogP contribution in [-0.4, -0.2) is 40.5 Å². The molecule has 2 aromatic carbocycles. The molecule has 0 spiro atoms. The minimum Gasteiger partial charge on any atom is -0.369 e. The normalized spacial score (nSPS) is 15.4. The number of hydrogen-bond acceptors (Lipinski definition) is 3. The Kier molecular flexibility index (Phi) is 4.36. The van der Waals surface area contributed by atoms with Crippen molar-refractivity contribution in [2.45, 2.75) is 13.5 Å². The fourth-order valence-corrected chi connectivity index (χ4v) is 4.34. The number of H-pyrrole nitrogens is 1. The highest BCUT2D eigenvalue weighted by atomic mass is 19.1. The van der Waals surface area contributed by atoms with E-state index in [1.807, 2.05) is 37.3 Å². The monoisotopic (exact) mass is 390 g/mol. The van der Waals surface area contributed by atoms with Crippen molar-refractivity contribution < 1.29 is 4.39 Å². The summed E-state index contributed by atoms with van der Waals surface area (Å²) < 4.78 is 15.4. The van der Waals surface area contributed by atoms with Crippen LogP contribution in [0.4, 0.5) is 10.1 Å². The highest BCUT2D eigenvalue weighted by molar-refractivity contribution is 5.80. The number of halogens is 1. The van der Waals surface area contributed by atoms with Crippen molar-refractivity contribution in [3.8, 4) is 0 Å². The van der Waals surface area contributed by atoms with Gasteiger partial charge >= 0.3 is 0 Å². The summed E-state index contributed by atoms with van der Waals surface area (Å²) in [7, 11) is 0. The molecule has 0 saturated carbocycles. The molecule has 6 heteroatoms. The van der Waals surface area contributed by atoms with Gasteiger partial charge in [-0.05, 0) is 54.4 Å². The molecule has 3 heterocycles. The number of para-hydroxylation sites is 1. The van der Waals surface area contributed by atoms with Crippen LogP contribution in [0.1, 0.15) is 11.1 Å². The van der Waals surface area contributed by atoms with Gasteiger partial charge in [0, 0.05) is 44.6 Å². The third-order valence-corrected chi connectivity index (χ3v) is 5.80. The van der Waals surface area contributed by atoms with Gasteiger partial charge < -0.3 is 14.3 Å². The second-order valence-corrected chi connectivity index (χ2v) is 7.77. The largest absolute Gasteiger partial charge is 0.369 e. The van der Waals surface area contributed by atoms with Crippen LogP contribution < -0.4 is 10.5 Å². The van der Waals surface area contributed by atoms with Gasteiger partial charge in [-0.3, -0.25) is 9.69 Å². The number of aromatic amines is 1. The molecule has 4 aromatic rings. The zero-order valence-corrected chi connectivity index (χ0v) is 16.4. The van der Waals surface area contributed by atoms with E-state index in [4.69, 9.17) is 0 Å². The fraction of sp³-hybridized carbons (Fsp3) is 0.261. The molecular formula is C23H23FN4O. The molecule has 0 amide bonds. The number of rotatable bonds is 3. The van der Waals surface area contributed by atoms with Gasteiger partial charge in [0.25, 0.3) is 5.56 Å². The second-order valence-electron chi connectivity index (χ2n) is 7.77. The summed E-state index contributed by atoms with van der Waals surface area (Å²) in [5, 5.41) is 0.699. The Morgan fingerprint density at radius 1 is 1.03 bits per heavy atom. The van der Waals surface area contributed by atoms with E-state index in [-0.39, 0.29) is 11.4 Å². The van der Waals surface area contributed by atoms with Gasteiger partial charge in [0.15, 0.2) is 0 Å². The van der Waals surface area contributed by atoms with Gasteiger partial charge in [0.05, 0.1) is 10.9 Å². The number of aryl methyl sites for hydroxylation is 1. The van der Waals surface area contributed by atoms with Crippen molar-refractivity contribution in [2.75, 3.05) is 31.1 Å². The van der Waals surface area contributed by atoms with Crippen molar-refractivity contribution in [3.05, 3.63) is 82.0 Å². The maximum Gasteiger partial charge on any atom is 0.258 e. The Labute approximate surface area is 168 Å². The third-order valence-electron chi connectivity index (χ3n) is 5.80. The zero-order valence-electron chi connectivity index (χ0n) is 16.4. The highest BCUT2D eigenvalue weighted by Gasteiger charge is 2.19. The Bertz CT molecular complexity index is 1250. The van der Waals surface area contributed by atoms with Crippen LogP contribution in [0.2, 0.25) is 0 Å². The molecule has 1 saturated heterocycles. The van der Waals surface area contributed by atoms with E-state index in [0.717, 1.165) is 55.1 Å². The Morgan fingerprint density at radius 2 is 1.83 bits per heavy atom. The van der Waals surface area contributed by atoms with Crippen LogP contribution >= 0.6 is 0 Å². The topological polar surface area (TPSA) is 43.8 Å². The van der Waals surface area contributed by atoms with Crippen molar-refractivity contribution >= 4 is 22.2 Å². The Morgan fingerprint density at radius 3 is 2.62 bits per heavy atom. The summed E-state index contributed by atoms with van der Waals surface area (Å²) in [6.07, 6.45) is 2.12. The van der Waals surface area contributed by atoms with E-state index in [1.54, 1.807) is 6.07 Å². The number of nitrogens with one attached hydrogen (secondary N) is 1. The molecule has 1 aliphatic rings. The minimum absolute atomic E-state index is 0.0546. The lowest BCUT2D eigenvalue weighted by atomic mass is 10.1. The SMILES string of the molecule is Cc1cc(F)ccc1N1CCN(Cc2cc3[nH]c(=O)c4ccccc4n3c2)CC1. The summed E-state index contributed by atoms with van der Waals surface area (Å²) >= 11 is 0. The molecule has 1 N–H and O–H groups in total. The van der Waals surface area contributed by atoms with Gasteiger partial charge in [-0.25, -0.2) is 4.39 Å². The first-order chi connectivity index (χ1) is 14.1. The first kappa shape index (κ1) is 17.9. The first-order valence-electron chi connectivity index (χ1n) is 9.94. The number of anilines is 1. The number of nitrogens with zero attached hydrogens (tertiary/aromatic N) is 3. The molecule has 29 heavy (non-hydrogen) atoms. The summed E-state index contributed by atoms with van der Waals surface area (Å²) in [6.45, 7) is 6.52. The van der Waals surface area contributed by atoms with Crippen molar-refractivity contribution in [2.24, 2.45) is 0 Å². The number of hydrogen-bond donors (Lipinski definition) is 1. The highest BCUT2D eigenvalue weighted by Crippen LogP contribution is 2.23. The molecule has 2 aromatic heterocycles.